The van der Waals surface area contributed by atoms with Crippen LogP contribution in [0.25, 0.3) is 0 Å². The summed E-state index contributed by atoms with van der Waals surface area (Å²) in [7, 11) is 0. The highest BCUT2D eigenvalue weighted by Gasteiger charge is 2.42. The van der Waals surface area contributed by atoms with Crippen molar-refractivity contribution >= 4 is 0 Å². The van der Waals surface area contributed by atoms with Gasteiger partial charge in [0.1, 0.15) is 11.9 Å². The smallest absolute Gasteiger partial charge is 0.237 e. The lowest BCUT2D eigenvalue weighted by Crippen LogP contribution is -2.35. The second kappa shape index (κ2) is 6.02. The molecule has 0 bridgehead atoms. The van der Waals surface area contributed by atoms with Gasteiger partial charge in [-0.25, -0.2) is 4.39 Å². The second-order valence-corrected chi connectivity index (χ2v) is 6.16. The molecule has 2 saturated heterocycles. The first-order chi connectivity index (χ1) is 11.3. The van der Waals surface area contributed by atoms with Crippen molar-refractivity contribution in [1.82, 2.24) is 10.1 Å². The maximum absolute atomic E-state index is 13.3. The van der Waals surface area contributed by atoms with E-state index in [0.717, 1.165) is 37.9 Å². The predicted octanol–water partition coefficient (Wildman–Crippen LogP) is 3.16. The van der Waals surface area contributed by atoms with Gasteiger partial charge >= 0.3 is 0 Å². The largest absolute Gasteiger partial charge is 0.381 e. The zero-order chi connectivity index (χ0) is 15.7. The van der Waals surface area contributed by atoms with Crippen LogP contribution in [0.4, 0.5) is 4.39 Å². The highest BCUT2D eigenvalue weighted by molar-refractivity contribution is 5.33. The van der Waals surface area contributed by atoms with E-state index < -0.39 is 5.41 Å². The van der Waals surface area contributed by atoms with Crippen LogP contribution in [0, 0.1) is 5.82 Å². The van der Waals surface area contributed by atoms with Crippen LogP contribution in [0.5, 0.6) is 0 Å². The van der Waals surface area contributed by atoms with Gasteiger partial charge in [0.15, 0.2) is 0 Å². The summed E-state index contributed by atoms with van der Waals surface area (Å²) in [5, 5.41) is 4.14. The summed E-state index contributed by atoms with van der Waals surface area (Å²) in [5.74, 6) is 0.949. The molecule has 0 unspecified atom stereocenters. The van der Waals surface area contributed by atoms with Crippen molar-refractivity contribution in [2.24, 2.45) is 0 Å². The first-order valence-corrected chi connectivity index (χ1v) is 8.07. The van der Waals surface area contributed by atoms with E-state index in [1.54, 1.807) is 12.1 Å². The first kappa shape index (κ1) is 14.8. The third kappa shape index (κ3) is 2.66. The molecule has 5 nitrogen and oxygen atoms in total. The highest BCUT2D eigenvalue weighted by atomic mass is 19.1. The number of rotatable bonds is 3. The lowest BCUT2D eigenvalue weighted by molar-refractivity contribution is 0.0523. The van der Waals surface area contributed by atoms with Crippen LogP contribution in [-0.4, -0.2) is 30.0 Å². The lowest BCUT2D eigenvalue weighted by atomic mass is 9.74. The van der Waals surface area contributed by atoms with Gasteiger partial charge in [-0.1, -0.05) is 17.3 Å². The van der Waals surface area contributed by atoms with E-state index in [1.165, 1.54) is 12.1 Å². The highest BCUT2D eigenvalue weighted by Crippen LogP contribution is 2.41. The van der Waals surface area contributed by atoms with Crippen LogP contribution < -0.4 is 0 Å². The van der Waals surface area contributed by atoms with E-state index in [4.69, 9.17) is 14.0 Å². The fourth-order valence-electron chi connectivity index (χ4n) is 3.46. The molecule has 0 N–H and O–H groups in total. The molecule has 0 aliphatic carbocycles. The van der Waals surface area contributed by atoms with Gasteiger partial charge in [-0.3, -0.25) is 0 Å². The van der Waals surface area contributed by atoms with Gasteiger partial charge in [-0.2, -0.15) is 4.98 Å². The number of aromatic nitrogens is 2. The minimum Gasteiger partial charge on any atom is -0.381 e. The maximum atomic E-state index is 13.3. The van der Waals surface area contributed by atoms with Crippen LogP contribution >= 0.6 is 0 Å². The fourth-order valence-corrected chi connectivity index (χ4v) is 3.46. The van der Waals surface area contributed by atoms with Crippen molar-refractivity contribution in [3.05, 3.63) is 47.4 Å². The van der Waals surface area contributed by atoms with Gasteiger partial charge in [-0.05, 0) is 43.4 Å². The minimum atomic E-state index is -0.407. The summed E-state index contributed by atoms with van der Waals surface area (Å²) in [6.45, 7) is 1.98. The van der Waals surface area contributed by atoms with Crippen molar-refractivity contribution in [3.63, 3.8) is 0 Å². The molecule has 0 spiro atoms. The Kier molecular flexibility index (Phi) is 3.87. The Morgan fingerprint density at radius 3 is 2.57 bits per heavy atom. The molecule has 1 aromatic heterocycles. The van der Waals surface area contributed by atoms with Crippen LogP contribution in [0.15, 0.2) is 28.8 Å². The van der Waals surface area contributed by atoms with Gasteiger partial charge in [0.2, 0.25) is 11.7 Å². The second-order valence-electron chi connectivity index (χ2n) is 6.16. The third-order valence-corrected chi connectivity index (χ3v) is 4.81. The van der Waals surface area contributed by atoms with Crippen LogP contribution in [0.3, 0.4) is 0 Å². The maximum Gasteiger partial charge on any atom is 0.237 e. The molecule has 0 saturated carbocycles. The van der Waals surface area contributed by atoms with E-state index in [-0.39, 0.29) is 11.9 Å². The Bertz CT molecular complexity index is 659. The SMILES string of the molecule is Fc1ccc(C2(c3nc([C@@H]4CCCO4)no3)CCOCC2)cc1. The molecule has 4 rings (SSSR count). The number of nitrogens with zero attached hydrogens (tertiary/aromatic N) is 2. The van der Waals surface area contributed by atoms with Gasteiger partial charge in [0.25, 0.3) is 0 Å². The van der Waals surface area contributed by atoms with Crippen LogP contribution in [0.2, 0.25) is 0 Å². The Morgan fingerprint density at radius 2 is 1.87 bits per heavy atom. The Balaban J connectivity index is 1.72. The average Bonchev–Trinajstić information content (AvgIpc) is 3.28. The topological polar surface area (TPSA) is 57.4 Å². The summed E-state index contributed by atoms with van der Waals surface area (Å²) >= 11 is 0. The Labute approximate surface area is 133 Å². The molecule has 1 aromatic carbocycles. The summed E-state index contributed by atoms with van der Waals surface area (Å²) < 4.78 is 30.1. The van der Waals surface area contributed by atoms with Crippen molar-refractivity contribution < 1.29 is 18.4 Å². The van der Waals surface area contributed by atoms with Gasteiger partial charge in [0, 0.05) is 19.8 Å². The molecule has 122 valence electrons. The Hall–Kier alpha value is -1.79. The Morgan fingerprint density at radius 1 is 1.09 bits per heavy atom. The lowest BCUT2D eigenvalue weighted by Gasteiger charge is -2.34. The average molecular weight is 318 g/mol. The summed E-state index contributed by atoms with van der Waals surface area (Å²) in [5.41, 5.74) is 0.584. The minimum absolute atomic E-state index is 0.0717. The van der Waals surface area contributed by atoms with Crippen molar-refractivity contribution in [2.75, 3.05) is 19.8 Å². The van der Waals surface area contributed by atoms with E-state index in [2.05, 4.69) is 10.1 Å². The van der Waals surface area contributed by atoms with Crippen molar-refractivity contribution in [3.8, 4) is 0 Å². The number of benzene rings is 1. The van der Waals surface area contributed by atoms with E-state index in [9.17, 15) is 4.39 Å². The van der Waals surface area contributed by atoms with E-state index in [0.29, 0.717) is 24.9 Å². The number of hydrogen-bond acceptors (Lipinski definition) is 5. The molecule has 0 radical (unpaired) electrons. The molecular formula is C17H19FN2O3. The van der Waals surface area contributed by atoms with Gasteiger partial charge in [0.05, 0.1) is 5.41 Å². The zero-order valence-corrected chi connectivity index (χ0v) is 12.8. The molecule has 2 aromatic rings. The summed E-state index contributed by atoms with van der Waals surface area (Å²) in [6, 6.07) is 6.56. The van der Waals surface area contributed by atoms with Crippen LogP contribution in [0.1, 0.15) is 49.1 Å². The molecule has 2 fully saturated rings. The number of halogens is 1. The van der Waals surface area contributed by atoms with Crippen LogP contribution in [-0.2, 0) is 14.9 Å². The quantitative estimate of drug-likeness (QED) is 0.870. The molecule has 6 heteroatoms. The molecule has 23 heavy (non-hydrogen) atoms. The van der Waals surface area contributed by atoms with Gasteiger partial charge in [-0.15, -0.1) is 0 Å². The molecular weight excluding hydrogens is 299 g/mol. The monoisotopic (exact) mass is 318 g/mol. The van der Waals surface area contributed by atoms with Gasteiger partial charge < -0.3 is 14.0 Å². The number of hydrogen-bond donors (Lipinski definition) is 0. The molecule has 2 aliphatic rings. The first-order valence-electron chi connectivity index (χ1n) is 8.07. The number of ether oxygens (including phenoxy) is 2. The molecule has 3 heterocycles. The fraction of sp³-hybridized carbons (Fsp3) is 0.529. The predicted molar refractivity (Wildman–Crippen MR) is 79.5 cm³/mol. The zero-order valence-electron chi connectivity index (χ0n) is 12.8. The summed E-state index contributed by atoms with van der Waals surface area (Å²) in [6.07, 6.45) is 3.35. The normalized spacial score (nSPS) is 24.0. The molecule has 0 amide bonds. The molecule has 2 aliphatic heterocycles. The van der Waals surface area contributed by atoms with Crippen molar-refractivity contribution in [2.45, 2.75) is 37.2 Å². The van der Waals surface area contributed by atoms with E-state index in [1.807, 2.05) is 0 Å². The summed E-state index contributed by atoms with van der Waals surface area (Å²) in [4.78, 5) is 4.63. The van der Waals surface area contributed by atoms with E-state index >= 15 is 0 Å². The molecule has 1 atom stereocenters. The van der Waals surface area contributed by atoms with Crippen molar-refractivity contribution in [1.29, 1.82) is 0 Å². The third-order valence-electron chi connectivity index (χ3n) is 4.81. The standard InChI is InChI=1S/C17H19FN2O3/c18-13-5-3-12(4-6-13)17(7-10-21-11-8-17)16-19-15(20-23-16)14-2-1-9-22-14/h3-6,14H,1-2,7-11H2/t14-/m0/s1.